The van der Waals surface area contributed by atoms with Crippen LogP contribution in [0.15, 0.2) is 24.3 Å². The molecule has 0 atom stereocenters. The van der Waals surface area contributed by atoms with Gasteiger partial charge >= 0.3 is 0 Å². The van der Waals surface area contributed by atoms with Gasteiger partial charge in [-0.1, -0.05) is 6.07 Å². The normalized spacial score (nSPS) is 15.4. The molecule has 0 unspecified atom stereocenters. The predicted octanol–water partition coefficient (Wildman–Crippen LogP) is 1.16. The maximum Gasteiger partial charge on any atom is 0.251 e. The van der Waals surface area contributed by atoms with Crippen molar-refractivity contribution >= 4 is 11.6 Å². The third kappa shape index (κ3) is 1.99. The average molecular weight is 176 g/mol. The van der Waals surface area contributed by atoms with E-state index in [0.29, 0.717) is 17.3 Å². The number of carbonyl (C=O) groups is 1. The van der Waals surface area contributed by atoms with Gasteiger partial charge in [-0.2, -0.15) is 0 Å². The minimum Gasteiger partial charge on any atom is -0.399 e. The number of hydrogen-bond acceptors (Lipinski definition) is 2. The summed E-state index contributed by atoms with van der Waals surface area (Å²) in [6.07, 6.45) is 2.21. The second-order valence-corrected chi connectivity index (χ2v) is 3.37. The van der Waals surface area contributed by atoms with Gasteiger partial charge in [0, 0.05) is 17.3 Å². The number of rotatable bonds is 2. The lowest BCUT2D eigenvalue weighted by Crippen LogP contribution is -2.25. The van der Waals surface area contributed by atoms with Crippen LogP contribution in [-0.2, 0) is 0 Å². The van der Waals surface area contributed by atoms with Crippen LogP contribution < -0.4 is 11.1 Å². The van der Waals surface area contributed by atoms with E-state index in [-0.39, 0.29) is 5.91 Å². The van der Waals surface area contributed by atoms with E-state index in [2.05, 4.69) is 5.32 Å². The molecule has 1 aromatic rings. The monoisotopic (exact) mass is 176 g/mol. The summed E-state index contributed by atoms with van der Waals surface area (Å²) in [5.74, 6) is -0.0187. The lowest BCUT2D eigenvalue weighted by atomic mass is 10.2. The smallest absolute Gasteiger partial charge is 0.251 e. The van der Waals surface area contributed by atoms with Crippen LogP contribution in [0.25, 0.3) is 0 Å². The molecular weight excluding hydrogens is 164 g/mol. The van der Waals surface area contributed by atoms with Gasteiger partial charge in [-0.15, -0.1) is 0 Å². The third-order valence-electron chi connectivity index (χ3n) is 2.06. The van der Waals surface area contributed by atoms with Gasteiger partial charge in [0.1, 0.15) is 0 Å². The first kappa shape index (κ1) is 8.10. The van der Waals surface area contributed by atoms with Crippen molar-refractivity contribution in [2.75, 3.05) is 5.73 Å². The Hall–Kier alpha value is -1.51. The van der Waals surface area contributed by atoms with E-state index in [0.717, 1.165) is 12.8 Å². The Bertz CT molecular complexity index is 331. The lowest BCUT2D eigenvalue weighted by Gasteiger charge is -2.03. The number of benzene rings is 1. The van der Waals surface area contributed by atoms with Crippen molar-refractivity contribution < 1.29 is 4.79 Å². The molecule has 0 heterocycles. The predicted molar refractivity (Wildman–Crippen MR) is 51.3 cm³/mol. The molecule has 1 fully saturated rings. The van der Waals surface area contributed by atoms with Gasteiger partial charge in [0.15, 0.2) is 0 Å². The van der Waals surface area contributed by atoms with E-state index in [1.54, 1.807) is 24.3 Å². The Morgan fingerprint density at radius 1 is 1.46 bits per heavy atom. The number of carbonyl (C=O) groups excluding carboxylic acids is 1. The van der Waals surface area contributed by atoms with Crippen LogP contribution in [0.3, 0.4) is 0 Å². The fraction of sp³-hybridized carbons (Fsp3) is 0.300. The van der Waals surface area contributed by atoms with E-state index in [1.807, 2.05) is 0 Å². The first-order valence-corrected chi connectivity index (χ1v) is 4.42. The van der Waals surface area contributed by atoms with Gasteiger partial charge < -0.3 is 11.1 Å². The molecule has 0 aromatic heterocycles. The summed E-state index contributed by atoms with van der Waals surface area (Å²) in [4.78, 5) is 11.5. The van der Waals surface area contributed by atoms with Gasteiger partial charge in [-0.05, 0) is 31.0 Å². The highest BCUT2D eigenvalue weighted by molar-refractivity contribution is 5.95. The van der Waals surface area contributed by atoms with Crippen LogP contribution in [0.5, 0.6) is 0 Å². The van der Waals surface area contributed by atoms with Crippen molar-refractivity contribution in [3.8, 4) is 0 Å². The number of hydrogen-bond donors (Lipinski definition) is 2. The highest BCUT2D eigenvalue weighted by atomic mass is 16.1. The average Bonchev–Trinajstić information content (AvgIpc) is 2.88. The molecule has 0 aliphatic heterocycles. The van der Waals surface area contributed by atoms with Crippen molar-refractivity contribution in [3.63, 3.8) is 0 Å². The fourth-order valence-electron chi connectivity index (χ4n) is 1.18. The highest BCUT2D eigenvalue weighted by Gasteiger charge is 2.23. The van der Waals surface area contributed by atoms with Crippen molar-refractivity contribution in [2.24, 2.45) is 0 Å². The number of amides is 1. The van der Waals surface area contributed by atoms with Crippen molar-refractivity contribution in [2.45, 2.75) is 18.9 Å². The van der Waals surface area contributed by atoms with Crippen molar-refractivity contribution in [3.05, 3.63) is 29.8 Å². The molecule has 1 aliphatic carbocycles. The van der Waals surface area contributed by atoms with E-state index in [1.165, 1.54) is 0 Å². The van der Waals surface area contributed by atoms with Gasteiger partial charge in [-0.3, -0.25) is 4.79 Å². The summed E-state index contributed by atoms with van der Waals surface area (Å²) in [6, 6.07) is 7.42. The maximum absolute atomic E-state index is 11.5. The first-order chi connectivity index (χ1) is 6.25. The summed E-state index contributed by atoms with van der Waals surface area (Å²) in [7, 11) is 0. The minimum absolute atomic E-state index is 0.0187. The van der Waals surface area contributed by atoms with Gasteiger partial charge in [0.05, 0.1) is 0 Å². The number of anilines is 1. The Morgan fingerprint density at radius 2 is 2.23 bits per heavy atom. The number of nitrogen functional groups attached to an aromatic ring is 1. The number of nitrogens with two attached hydrogens (primary N) is 1. The summed E-state index contributed by atoms with van der Waals surface area (Å²) in [5.41, 5.74) is 6.84. The standard InChI is InChI=1S/C10H12N2O/c11-8-3-1-2-7(6-8)10(13)12-9-4-5-9/h1-3,6,9H,4-5,11H2,(H,12,13). The molecule has 3 nitrogen and oxygen atoms in total. The second kappa shape index (κ2) is 3.09. The molecule has 0 radical (unpaired) electrons. The second-order valence-electron chi connectivity index (χ2n) is 3.37. The Morgan fingerprint density at radius 3 is 2.85 bits per heavy atom. The number of nitrogens with one attached hydrogen (secondary N) is 1. The molecule has 0 saturated heterocycles. The topological polar surface area (TPSA) is 55.1 Å². The van der Waals surface area contributed by atoms with Crippen molar-refractivity contribution in [1.29, 1.82) is 0 Å². The summed E-state index contributed by atoms with van der Waals surface area (Å²) in [6.45, 7) is 0. The first-order valence-electron chi connectivity index (χ1n) is 4.42. The molecule has 1 aromatic carbocycles. The zero-order valence-corrected chi connectivity index (χ0v) is 7.29. The molecule has 3 heteroatoms. The minimum atomic E-state index is -0.0187. The third-order valence-corrected chi connectivity index (χ3v) is 2.06. The van der Waals surface area contributed by atoms with E-state index in [9.17, 15) is 4.79 Å². The van der Waals surface area contributed by atoms with Crippen LogP contribution >= 0.6 is 0 Å². The maximum atomic E-state index is 11.5. The van der Waals surface area contributed by atoms with Gasteiger partial charge in [0.25, 0.3) is 5.91 Å². The summed E-state index contributed by atoms with van der Waals surface area (Å²) < 4.78 is 0. The zero-order chi connectivity index (χ0) is 9.26. The molecule has 13 heavy (non-hydrogen) atoms. The molecule has 2 rings (SSSR count). The quantitative estimate of drug-likeness (QED) is 0.664. The van der Waals surface area contributed by atoms with E-state index >= 15 is 0 Å². The molecule has 0 bridgehead atoms. The molecule has 68 valence electrons. The summed E-state index contributed by atoms with van der Waals surface area (Å²) >= 11 is 0. The van der Waals surface area contributed by atoms with Crippen LogP contribution in [0.4, 0.5) is 5.69 Å². The van der Waals surface area contributed by atoms with E-state index in [4.69, 9.17) is 5.73 Å². The highest BCUT2D eigenvalue weighted by Crippen LogP contribution is 2.19. The molecular formula is C10H12N2O. The zero-order valence-electron chi connectivity index (χ0n) is 7.29. The van der Waals surface area contributed by atoms with E-state index < -0.39 is 0 Å². The lowest BCUT2D eigenvalue weighted by molar-refractivity contribution is 0.0951. The van der Waals surface area contributed by atoms with Crippen molar-refractivity contribution in [1.82, 2.24) is 5.32 Å². The Kier molecular flexibility index (Phi) is 1.93. The fourth-order valence-corrected chi connectivity index (χ4v) is 1.18. The molecule has 1 aliphatic rings. The Balaban J connectivity index is 2.09. The van der Waals surface area contributed by atoms with Crippen LogP contribution in [-0.4, -0.2) is 11.9 Å². The largest absolute Gasteiger partial charge is 0.399 e. The van der Waals surface area contributed by atoms with Gasteiger partial charge in [-0.25, -0.2) is 0 Å². The SMILES string of the molecule is Nc1cccc(C(=O)NC2CC2)c1. The Labute approximate surface area is 76.9 Å². The van der Waals surface area contributed by atoms with Gasteiger partial charge in [0.2, 0.25) is 0 Å². The summed E-state index contributed by atoms with van der Waals surface area (Å²) in [5, 5.41) is 2.90. The molecule has 1 saturated carbocycles. The molecule has 0 spiro atoms. The van der Waals surface area contributed by atoms with Crippen LogP contribution in [0.2, 0.25) is 0 Å². The molecule has 1 amide bonds. The van der Waals surface area contributed by atoms with Crippen LogP contribution in [0.1, 0.15) is 23.2 Å². The molecule has 3 N–H and O–H groups in total. The van der Waals surface area contributed by atoms with Crippen LogP contribution in [0, 0.1) is 0 Å².